The number of fused-ring (bicyclic) bond motifs is 3. The molecule has 2 aliphatic rings. The fourth-order valence-corrected chi connectivity index (χ4v) is 4.34. The lowest BCUT2D eigenvalue weighted by molar-refractivity contribution is -0.141. The molecule has 1 spiro atoms. The summed E-state index contributed by atoms with van der Waals surface area (Å²) < 4.78 is 6.16. The Hall–Kier alpha value is -2.67. The summed E-state index contributed by atoms with van der Waals surface area (Å²) in [5, 5.41) is 7.32. The maximum atomic E-state index is 12.7. The smallest absolute Gasteiger partial charge is 0.223 e. The Morgan fingerprint density at radius 3 is 2.96 bits per heavy atom. The number of para-hydroxylation sites is 2. The van der Waals surface area contributed by atoms with Crippen LogP contribution < -0.4 is 0 Å². The Labute approximate surface area is 157 Å². The predicted octanol–water partition coefficient (Wildman–Crippen LogP) is 2.31. The van der Waals surface area contributed by atoms with Gasteiger partial charge in [-0.05, 0) is 37.0 Å². The monoisotopic (exact) mass is 365 g/mol. The number of hydrogen-bond acceptors (Lipinski definition) is 4. The van der Waals surface area contributed by atoms with Crippen LogP contribution in [0.4, 0.5) is 0 Å². The van der Waals surface area contributed by atoms with Gasteiger partial charge in [0.25, 0.3) is 0 Å². The largest absolute Gasteiger partial charge is 0.368 e. The van der Waals surface area contributed by atoms with Crippen LogP contribution in [0, 0.1) is 0 Å². The zero-order valence-electron chi connectivity index (χ0n) is 15.2. The van der Waals surface area contributed by atoms with E-state index in [4.69, 9.17) is 4.74 Å². The molecule has 0 aliphatic carbocycles. The van der Waals surface area contributed by atoms with Crippen LogP contribution in [0.2, 0.25) is 0 Å². The minimum Gasteiger partial charge on any atom is -0.368 e. The molecule has 7 heteroatoms. The van der Waals surface area contributed by atoms with Crippen molar-refractivity contribution in [3.63, 3.8) is 0 Å². The van der Waals surface area contributed by atoms with E-state index >= 15 is 0 Å². The fourth-order valence-electron chi connectivity index (χ4n) is 4.34. The van der Waals surface area contributed by atoms with Crippen molar-refractivity contribution in [2.24, 2.45) is 0 Å². The first kappa shape index (κ1) is 16.5. The second-order valence-electron chi connectivity index (χ2n) is 7.44. The highest BCUT2D eigenvalue weighted by Gasteiger charge is 2.42. The molecule has 7 nitrogen and oxygen atoms in total. The van der Waals surface area contributed by atoms with Crippen LogP contribution in [0.3, 0.4) is 0 Å². The number of rotatable bonds is 3. The van der Waals surface area contributed by atoms with Gasteiger partial charge in [0, 0.05) is 25.9 Å². The number of amides is 1. The molecule has 0 atom stereocenters. The molecule has 2 N–H and O–H groups in total. The van der Waals surface area contributed by atoms with E-state index in [0.29, 0.717) is 12.8 Å². The zero-order valence-corrected chi connectivity index (χ0v) is 15.2. The summed E-state index contributed by atoms with van der Waals surface area (Å²) in [6.07, 6.45) is 5.56. The number of aromatic nitrogens is 4. The van der Waals surface area contributed by atoms with E-state index in [0.717, 1.165) is 61.5 Å². The second-order valence-corrected chi connectivity index (χ2v) is 7.44. The van der Waals surface area contributed by atoms with Gasteiger partial charge in [0.2, 0.25) is 5.91 Å². The topological polar surface area (TPSA) is 86.9 Å². The van der Waals surface area contributed by atoms with Crippen molar-refractivity contribution in [1.82, 2.24) is 25.1 Å². The van der Waals surface area contributed by atoms with Crippen LogP contribution in [-0.4, -0.2) is 50.7 Å². The lowest BCUT2D eigenvalue weighted by Crippen LogP contribution is -2.48. The van der Waals surface area contributed by atoms with Gasteiger partial charge in [-0.3, -0.25) is 9.89 Å². The molecule has 3 aromatic rings. The Bertz CT molecular complexity index is 935. The lowest BCUT2D eigenvalue weighted by Gasteiger charge is -2.43. The number of carbonyl (C=O) groups excluding carboxylic acids is 1. The summed E-state index contributed by atoms with van der Waals surface area (Å²) in [7, 11) is 0. The number of hydrogen-bond donors (Lipinski definition) is 2. The van der Waals surface area contributed by atoms with Crippen LogP contribution in [0.5, 0.6) is 0 Å². The van der Waals surface area contributed by atoms with Crippen LogP contribution in [0.15, 0.2) is 30.5 Å². The number of ether oxygens (including phenoxy) is 1. The number of imidazole rings is 1. The first-order valence-corrected chi connectivity index (χ1v) is 9.62. The Balaban J connectivity index is 1.21. The number of nitrogens with zero attached hydrogens (tertiary/aromatic N) is 3. The number of aryl methyl sites for hydroxylation is 1. The molecule has 1 aromatic carbocycles. The first-order valence-electron chi connectivity index (χ1n) is 9.62. The number of piperidine rings is 1. The molecule has 27 heavy (non-hydrogen) atoms. The highest BCUT2D eigenvalue weighted by atomic mass is 16.5. The van der Waals surface area contributed by atoms with E-state index < -0.39 is 0 Å². The number of likely N-dealkylation sites (tertiary alicyclic amines) is 1. The SMILES string of the molecule is O=C(CCc1nc2ccccc2[nH]1)N1CCC2(CC1)OCCc1cn[nH]c12. The van der Waals surface area contributed by atoms with Crippen molar-refractivity contribution >= 4 is 16.9 Å². The summed E-state index contributed by atoms with van der Waals surface area (Å²) in [4.78, 5) is 22.5. The van der Waals surface area contributed by atoms with E-state index in [1.807, 2.05) is 35.4 Å². The van der Waals surface area contributed by atoms with Gasteiger partial charge < -0.3 is 14.6 Å². The van der Waals surface area contributed by atoms with Crippen molar-refractivity contribution in [3.05, 3.63) is 47.5 Å². The average molecular weight is 365 g/mol. The molecule has 5 rings (SSSR count). The zero-order chi connectivity index (χ0) is 18.3. The number of benzene rings is 1. The molecule has 140 valence electrons. The molecule has 1 fully saturated rings. The van der Waals surface area contributed by atoms with Gasteiger partial charge >= 0.3 is 0 Å². The molecule has 4 heterocycles. The quantitative estimate of drug-likeness (QED) is 0.746. The van der Waals surface area contributed by atoms with Gasteiger partial charge in [0.1, 0.15) is 11.4 Å². The third-order valence-corrected chi connectivity index (χ3v) is 5.86. The summed E-state index contributed by atoms with van der Waals surface area (Å²) in [5.41, 5.74) is 4.04. The van der Waals surface area contributed by atoms with Crippen LogP contribution in [0.1, 0.15) is 36.3 Å². The number of aromatic amines is 2. The number of H-pyrrole nitrogens is 2. The third kappa shape index (κ3) is 2.92. The van der Waals surface area contributed by atoms with E-state index in [-0.39, 0.29) is 11.5 Å². The Kier molecular flexibility index (Phi) is 3.97. The molecule has 2 aliphatic heterocycles. The maximum absolute atomic E-state index is 12.7. The second kappa shape index (κ2) is 6.49. The Morgan fingerprint density at radius 1 is 1.26 bits per heavy atom. The van der Waals surface area contributed by atoms with E-state index in [9.17, 15) is 4.79 Å². The first-order chi connectivity index (χ1) is 13.2. The number of nitrogens with one attached hydrogen (secondary N) is 2. The van der Waals surface area contributed by atoms with Crippen molar-refractivity contribution in [3.8, 4) is 0 Å². The summed E-state index contributed by atoms with van der Waals surface area (Å²) in [6.45, 7) is 2.17. The lowest BCUT2D eigenvalue weighted by atomic mass is 9.83. The standard InChI is InChI=1S/C20H23N5O2/c26-18(6-5-17-22-15-3-1-2-4-16(15)23-17)25-10-8-20(9-11-25)19-14(7-12-27-20)13-21-24-19/h1-4,13H,5-12H2,(H,21,24)(H,22,23). The minimum absolute atomic E-state index is 0.186. The van der Waals surface area contributed by atoms with Gasteiger partial charge in [-0.2, -0.15) is 5.10 Å². The third-order valence-electron chi connectivity index (χ3n) is 5.86. The molecular formula is C20H23N5O2. The molecule has 0 unspecified atom stereocenters. The predicted molar refractivity (Wildman–Crippen MR) is 100 cm³/mol. The van der Waals surface area contributed by atoms with Gasteiger partial charge in [-0.15, -0.1) is 0 Å². The van der Waals surface area contributed by atoms with Gasteiger partial charge in [0.15, 0.2) is 0 Å². The van der Waals surface area contributed by atoms with Crippen LogP contribution in [-0.2, 0) is 28.0 Å². The van der Waals surface area contributed by atoms with E-state index in [1.165, 1.54) is 5.56 Å². The minimum atomic E-state index is -0.292. The van der Waals surface area contributed by atoms with Crippen molar-refractivity contribution in [2.45, 2.75) is 37.7 Å². The molecule has 1 saturated heterocycles. The van der Waals surface area contributed by atoms with E-state index in [2.05, 4.69) is 20.2 Å². The summed E-state index contributed by atoms with van der Waals surface area (Å²) >= 11 is 0. The van der Waals surface area contributed by atoms with Gasteiger partial charge in [0.05, 0.1) is 29.5 Å². The highest BCUT2D eigenvalue weighted by Crippen LogP contribution is 2.40. The van der Waals surface area contributed by atoms with Gasteiger partial charge in [-0.1, -0.05) is 12.1 Å². The summed E-state index contributed by atoms with van der Waals surface area (Å²) in [6, 6.07) is 7.94. The van der Waals surface area contributed by atoms with Crippen molar-refractivity contribution in [2.75, 3.05) is 19.7 Å². The Morgan fingerprint density at radius 2 is 2.11 bits per heavy atom. The normalized spacial score (nSPS) is 18.7. The van der Waals surface area contributed by atoms with Crippen molar-refractivity contribution < 1.29 is 9.53 Å². The average Bonchev–Trinajstić information content (AvgIpc) is 3.34. The molecule has 2 aromatic heterocycles. The number of carbonyl (C=O) groups is 1. The summed E-state index contributed by atoms with van der Waals surface area (Å²) in [5.74, 6) is 1.06. The van der Waals surface area contributed by atoms with Crippen LogP contribution in [0.25, 0.3) is 11.0 Å². The maximum Gasteiger partial charge on any atom is 0.223 e. The molecular weight excluding hydrogens is 342 g/mol. The van der Waals surface area contributed by atoms with E-state index in [1.54, 1.807) is 0 Å². The fraction of sp³-hybridized carbons (Fsp3) is 0.450. The molecule has 1 amide bonds. The highest BCUT2D eigenvalue weighted by molar-refractivity contribution is 5.77. The molecule has 0 saturated carbocycles. The molecule has 0 bridgehead atoms. The van der Waals surface area contributed by atoms with Gasteiger partial charge in [-0.25, -0.2) is 4.98 Å². The molecule has 0 radical (unpaired) electrons. The van der Waals surface area contributed by atoms with Crippen molar-refractivity contribution in [1.29, 1.82) is 0 Å². The van der Waals surface area contributed by atoms with Crippen LogP contribution >= 0.6 is 0 Å².